The molecule has 2 bridgehead atoms. The van der Waals surface area contributed by atoms with E-state index in [0.29, 0.717) is 0 Å². The summed E-state index contributed by atoms with van der Waals surface area (Å²) in [7, 11) is 0. The minimum atomic E-state index is -0.118. The number of ether oxygens (including phenoxy) is 1. The number of hydrogen-bond donors (Lipinski definition) is 0. The van der Waals surface area contributed by atoms with Crippen LogP contribution >= 0.6 is 0 Å². The van der Waals surface area contributed by atoms with E-state index in [1.54, 1.807) is 0 Å². The van der Waals surface area contributed by atoms with Gasteiger partial charge in [0.25, 0.3) is 0 Å². The first-order valence-electron chi connectivity index (χ1n) is 10.3. The Morgan fingerprint density at radius 3 is 2.04 bits per heavy atom. The highest BCUT2D eigenvalue weighted by Crippen LogP contribution is 2.38. The van der Waals surface area contributed by atoms with Crippen molar-refractivity contribution in [1.82, 2.24) is 0 Å². The van der Waals surface area contributed by atoms with Crippen LogP contribution in [0.3, 0.4) is 0 Å². The summed E-state index contributed by atoms with van der Waals surface area (Å²) in [5, 5.41) is 8.22. The summed E-state index contributed by atoms with van der Waals surface area (Å²) in [6.45, 7) is 6.39. The van der Waals surface area contributed by atoms with Gasteiger partial charge in [-0.1, -0.05) is 30.3 Å². The van der Waals surface area contributed by atoms with Crippen LogP contribution in [0.25, 0.3) is 34.1 Å². The molecule has 0 amide bonds. The molecule has 138 valence electrons. The predicted octanol–water partition coefficient (Wildman–Crippen LogP) is 3.10. The van der Waals surface area contributed by atoms with E-state index >= 15 is 0 Å². The van der Waals surface area contributed by atoms with Gasteiger partial charge in [0.15, 0.2) is 0 Å². The van der Waals surface area contributed by atoms with Crippen molar-refractivity contribution in [2.45, 2.75) is 45.3 Å². The van der Waals surface area contributed by atoms with Crippen LogP contribution in [0.2, 0.25) is 0 Å². The lowest BCUT2D eigenvalue weighted by Crippen LogP contribution is -2.36. The molecule has 1 heteroatoms. The molecule has 28 heavy (non-hydrogen) atoms. The third-order valence-electron chi connectivity index (χ3n) is 6.20. The van der Waals surface area contributed by atoms with E-state index in [4.69, 9.17) is 4.74 Å². The maximum Gasteiger partial charge on any atom is 0.0806 e. The maximum absolute atomic E-state index is 6.22. The molecule has 0 radical (unpaired) electrons. The summed E-state index contributed by atoms with van der Waals surface area (Å²) in [4.78, 5) is 0. The number of hydrogen-bond acceptors (Lipinski definition) is 1. The molecular formula is C27H24O. The van der Waals surface area contributed by atoms with Crippen LogP contribution in [-0.2, 0) is 4.74 Å². The van der Waals surface area contributed by atoms with Gasteiger partial charge in [-0.25, -0.2) is 0 Å². The van der Waals surface area contributed by atoms with Gasteiger partial charge in [0, 0.05) is 0 Å². The highest BCUT2D eigenvalue weighted by Gasteiger charge is 2.28. The summed E-state index contributed by atoms with van der Waals surface area (Å²) in [6, 6.07) is 18.3. The number of rotatable bonds is 1. The van der Waals surface area contributed by atoms with Crippen LogP contribution in [0.15, 0.2) is 48.5 Å². The van der Waals surface area contributed by atoms with Crippen molar-refractivity contribution in [1.29, 1.82) is 0 Å². The highest BCUT2D eigenvalue weighted by molar-refractivity contribution is 5.98. The summed E-state index contributed by atoms with van der Waals surface area (Å²) in [5.74, 6) is 0. The van der Waals surface area contributed by atoms with Gasteiger partial charge in [-0.2, -0.15) is 0 Å². The molecule has 0 fully saturated rings. The van der Waals surface area contributed by atoms with E-state index < -0.39 is 0 Å². The summed E-state index contributed by atoms with van der Waals surface area (Å²) in [6.07, 6.45) is 6.87. The van der Waals surface area contributed by atoms with Crippen molar-refractivity contribution in [3.8, 4) is 0 Å². The zero-order valence-electron chi connectivity index (χ0n) is 16.7. The molecule has 3 aromatic carbocycles. The van der Waals surface area contributed by atoms with E-state index in [2.05, 4.69) is 81.5 Å². The minimum absolute atomic E-state index is 0.118. The lowest BCUT2D eigenvalue weighted by molar-refractivity contribution is -0.0286. The molecule has 0 aliphatic heterocycles. The van der Waals surface area contributed by atoms with E-state index in [1.165, 1.54) is 53.9 Å². The summed E-state index contributed by atoms with van der Waals surface area (Å²) >= 11 is 0. The Labute approximate surface area is 165 Å². The first-order valence-corrected chi connectivity index (χ1v) is 10.3. The predicted molar refractivity (Wildman–Crippen MR) is 117 cm³/mol. The van der Waals surface area contributed by atoms with Crippen LogP contribution in [0.5, 0.6) is 0 Å². The highest BCUT2D eigenvalue weighted by atomic mass is 16.5. The molecule has 0 saturated carbocycles. The van der Waals surface area contributed by atoms with Crippen LogP contribution in [0.1, 0.15) is 44.7 Å². The smallest absolute Gasteiger partial charge is 0.0806 e. The molecule has 1 nitrogen and oxygen atoms in total. The van der Waals surface area contributed by atoms with Gasteiger partial charge in [0.2, 0.25) is 0 Å². The van der Waals surface area contributed by atoms with Gasteiger partial charge in [-0.05, 0) is 118 Å². The van der Waals surface area contributed by atoms with Crippen LogP contribution in [0.4, 0.5) is 0 Å². The Hall–Kier alpha value is -2.64. The molecule has 1 atom stereocenters. The average molecular weight is 364 g/mol. The first-order chi connectivity index (χ1) is 13.5. The Kier molecular flexibility index (Phi) is 3.18. The van der Waals surface area contributed by atoms with Crippen molar-refractivity contribution < 1.29 is 4.74 Å². The third-order valence-corrected chi connectivity index (χ3v) is 6.20. The van der Waals surface area contributed by atoms with Gasteiger partial charge in [-0.15, -0.1) is 0 Å². The SMILES string of the molecule is CC(C)(C)OC1C=c2cc3c(cc2=CC1)C1=c2cc4ccccc4cc2=C3C1. The fourth-order valence-corrected chi connectivity index (χ4v) is 5.09. The minimum Gasteiger partial charge on any atom is -0.368 e. The van der Waals surface area contributed by atoms with Crippen LogP contribution in [0, 0.1) is 0 Å². The standard InChI is InChI=1S/C27H24O/c1-27(2,3)28-20-9-8-18-13-23-24(14-19(18)10-20)26-15-25(23)21-11-16-6-4-5-7-17(16)12-22(21)26/h4-8,10-14,20H,9,15H2,1-3H3. The van der Waals surface area contributed by atoms with Crippen molar-refractivity contribution >= 4 is 34.1 Å². The van der Waals surface area contributed by atoms with Gasteiger partial charge in [0.05, 0.1) is 11.7 Å². The summed E-state index contributed by atoms with van der Waals surface area (Å²) in [5.41, 5.74) is 5.76. The van der Waals surface area contributed by atoms with Crippen LogP contribution in [-0.4, -0.2) is 11.7 Å². The first kappa shape index (κ1) is 16.3. The summed E-state index contributed by atoms with van der Waals surface area (Å²) < 4.78 is 6.22. The second-order valence-electron chi connectivity index (χ2n) is 9.28. The van der Waals surface area contributed by atoms with Gasteiger partial charge >= 0.3 is 0 Å². The Balaban J connectivity index is 1.57. The molecule has 0 saturated heterocycles. The fraction of sp³-hybridized carbons (Fsp3) is 0.259. The molecule has 0 N–H and O–H groups in total. The van der Waals surface area contributed by atoms with Gasteiger partial charge in [-0.3, -0.25) is 0 Å². The van der Waals surface area contributed by atoms with E-state index in [-0.39, 0.29) is 11.7 Å². The van der Waals surface area contributed by atoms with Gasteiger partial charge in [0.1, 0.15) is 0 Å². The molecule has 0 aromatic heterocycles. The number of fused-ring (bicyclic) bond motifs is 8. The molecule has 3 aromatic rings. The molecule has 3 aliphatic rings. The van der Waals surface area contributed by atoms with Crippen LogP contribution < -0.4 is 20.9 Å². The normalized spacial score (nSPS) is 19.2. The number of benzene rings is 3. The molecule has 6 rings (SSSR count). The van der Waals surface area contributed by atoms with Crippen molar-refractivity contribution in [3.63, 3.8) is 0 Å². The quantitative estimate of drug-likeness (QED) is 0.645. The van der Waals surface area contributed by atoms with Crippen molar-refractivity contribution in [2.24, 2.45) is 0 Å². The molecule has 0 spiro atoms. The lowest BCUT2D eigenvalue weighted by atomic mass is 9.94. The molecular weight excluding hydrogens is 340 g/mol. The average Bonchev–Trinajstić information content (AvgIpc) is 3.20. The zero-order chi connectivity index (χ0) is 19.0. The Morgan fingerprint density at radius 2 is 1.43 bits per heavy atom. The maximum atomic E-state index is 6.22. The second-order valence-corrected chi connectivity index (χ2v) is 9.28. The second kappa shape index (κ2) is 5.46. The van der Waals surface area contributed by atoms with E-state index in [1.807, 2.05) is 0 Å². The van der Waals surface area contributed by atoms with Gasteiger partial charge < -0.3 is 4.74 Å². The zero-order valence-corrected chi connectivity index (χ0v) is 16.7. The lowest BCUT2D eigenvalue weighted by Gasteiger charge is -2.26. The topological polar surface area (TPSA) is 9.23 Å². The van der Waals surface area contributed by atoms with Crippen molar-refractivity contribution in [3.05, 3.63) is 80.5 Å². The van der Waals surface area contributed by atoms with E-state index in [9.17, 15) is 0 Å². The Morgan fingerprint density at radius 1 is 0.821 bits per heavy atom. The largest absolute Gasteiger partial charge is 0.368 e. The monoisotopic (exact) mass is 364 g/mol. The fourth-order valence-electron chi connectivity index (χ4n) is 5.09. The van der Waals surface area contributed by atoms with Crippen molar-refractivity contribution in [2.75, 3.05) is 0 Å². The Bertz CT molecular complexity index is 1410. The third kappa shape index (κ3) is 2.36. The molecule has 3 aliphatic carbocycles. The van der Waals surface area contributed by atoms with E-state index in [0.717, 1.165) is 12.8 Å². The molecule has 0 heterocycles. The molecule has 1 unspecified atom stereocenters.